The minimum Gasteiger partial charge on any atom is -0.333 e. The lowest BCUT2D eigenvalue weighted by Crippen LogP contribution is -2.60. The molecular weight excluding hydrogens is 382 g/mol. The van der Waals surface area contributed by atoms with Crippen molar-refractivity contribution in [2.45, 2.75) is 30.8 Å². The van der Waals surface area contributed by atoms with Crippen molar-refractivity contribution < 1.29 is 4.79 Å². The number of likely N-dealkylation sites (tertiary alicyclic amines) is 1. The molecule has 4 saturated heterocycles. The smallest absolute Gasteiger partial charge is 0.254 e. The van der Waals surface area contributed by atoms with Crippen LogP contribution in [0, 0.1) is 5.92 Å². The minimum absolute atomic E-state index is 0.176. The van der Waals surface area contributed by atoms with Crippen LogP contribution in [0.25, 0.3) is 11.1 Å². The van der Waals surface area contributed by atoms with Gasteiger partial charge in [0.15, 0.2) is 0 Å². The first-order chi connectivity index (χ1) is 15.3. The number of nitrogens with zero attached hydrogens (tertiary/aromatic N) is 3. The summed E-state index contributed by atoms with van der Waals surface area (Å²) >= 11 is 0. The van der Waals surface area contributed by atoms with Crippen LogP contribution in [0.5, 0.6) is 0 Å². The molecule has 4 aliphatic heterocycles. The highest BCUT2D eigenvalue weighted by atomic mass is 16.2. The van der Waals surface area contributed by atoms with E-state index in [1.54, 1.807) is 0 Å². The quantitative estimate of drug-likeness (QED) is 0.641. The molecule has 0 N–H and O–H groups in total. The lowest BCUT2D eigenvalue weighted by molar-refractivity contribution is -0.00342. The molecule has 1 amide bonds. The first-order valence-corrected chi connectivity index (χ1v) is 11.4. The molecule has 3 aromatic rings. The average molecular weight is 410 g/mol. The second-order valence-corrected chi connectivity index (χ2v) is 9.15. The van der Waals surface area contributed by atoms with Crippen LogP contribution in [0.1, 0.15) is 34.7 Å². The van der Waals surface area contributed by atoms with Gasteiger partial charge in [0.05, 0.1) is 6.04 Å². The van der Waals surface area contributed by atoms with Gasteiger partial charge in [0.1, 0.15) is 0 Å². The molecule has 1 aromatic heterocycles. The van der Waals surface area contributed by atoms with Gasteiger partial charge in [0, 0.05) is 36.5 Å². The summed E-state index contributed by atoms with van der Waals surface area (Å²) in [6.07, 6.45) is 6.24. The fourth-order valence-corrected chi connectivity index (χ4v) is 6.14. The molecule has 2 aromatic carbocycles. The second-order valence-electron chi connectivity index (χ2n) is 9.15. The van der Waals surface area contributed by atoms with Gasteiger partial charge in [-0.15, -0.1) is 0 Å². The Labute approximate surface area is 183 Å². The number of rotatable bonds is 3. The van der Waals surface area contributed by atoms with Crippen molar-refractivity contribution >= 4 is 5.91 Å². The SMILES string of the molecule is O=C(c1ccc(-c2ccccc2)cc1)N1CC(c2cccnc2)C2C1C1CCN2CC1. The van der Waals surface area contributed by atoms with E-state index in [-0.39, 0.29) is 5.91 Å². The third-order valence-electron chi connectivity index (χ3n) is 7.61. The number of hydrogen-bond acceptors (Lipinski definition) is 3. The highest BCUT2D eigenvalue weighted by Gasteiger charge is 2.54. The Morgan fingerprint density at radius 2 is 1.58 bits per heavy atom. The van der Waals surface area contributed by atoms with E-state index in [4.69, 9.17) is 0 Å². The third-order valence-corrected chi connectivity index (χ3v) is 7.61. The number of piperidine rings is 3. The molecule has 4 fully saturated rings. The van der Waals surface area contributed by atoms with E-state index >= 15 is 0 Å². The molecule has 3 atom stereocenters. The Bertz CT molecular complexity index is 1060. The van der Waals surface area contributed by atoms with Crippen molar-refractivity contribution in [3.8, 4) is 11.1 Å². The van der Waals surface area contributed by atoms with Gasteiger partial charge in [-0.05, 0) is 66.7 Å². The number of hydrogen-bond donors (Lipinski definition) is 0. The second kappa shape index (κ2) is 7.61. The molecule has 156 valence electrons. The highest BCUT2D eigenvalue weighted by molar-refractivity contribution is 5.95. The van der Waals surface area contributed by atoms with Gasteiger partial charge >= 0.3 is 0 Å². The van der Waals surface area contributed by atoms with Gasteiger partial charge in [0.25, 0.3) is 5.91 Å². The van der Waals surface area contributed by atoms with Gasteiger partial charge in [-0.25, -0.2) is 0 Å². The van der Waals surface area contributed by atoms with E-state index in [2.05, 4.69) is 45.1 Å². The molecule has 3 unspecified atom stereocenters. The third kappa shape index (κ3) is 3.17. The standard InChI is InChI=1S/C27H27N3O/c31-27(22-10-8-20(9-11-22)19-5-2-1-3-6-19)30-18-24(23-7-4-14-28-17-23)26-25(30)21-12-15-29(26)16-13-21/h1-11,14,17,21,24-26H,12-13,15-16,18H2. The monoisotopic (exact) mass is 409 g/mol. The number of amides is 1. The Morgan fingerprint density at radius 1 is 0.839 bits per heavy atom. The number of fused-ring (bicyclic) bond motifs is 2. The molecule has 0 saturated carbocycles. The van der Waals surface area contributed by atoms with Crippen LogP contribution in [0.3, 0.4) is 0 Å². The summed E-state index contributed by atoms with van der Waals surface area (Å²) in [7, 11) is 0. The molecular formula is C27H27N3O. The fourth-order valence-electron chi connectivity index (χ4n) is 6.14. The van der Waals surface area contributed by atoms with Crippen LogP contribution in [-0.4, -0.2) is 52.4 Å². The Morgan fingerprint density at radius 3 is 2.29 bits per heavy atom. The van der Waals surface area contributed by atoms with Crippen LogP contribution < -0.4 is 0 Å². The number of carbonyl (C=O) groups excluding carboxylic acids is 1. The Balaban J connectivity index is 1.31. The van der Waals surface area contributed by atoms with E-state index < -0.39 is 0 Å². The summed E-state index contributed by atoms with van der Waals surface area (Å²) in [6, 6.07) is 23.4. The molecule has 0 spiro atoms. The first kappa shape index (κ1) is 18.8. The molecule has 4 nitrogen and oxygen atoms in total. The number of carbonyl (C=O) groups is 1. The number of pyridine rings is 1. The van der Waals surface area contributed by atoms with E-state index in [9.17, 15) is 4.79 Å². The maximum Gasteiger partial charge on any atom is 0.254 e. The predicted molar refractivity (Wildman–Crippen MR) is 122 cm³/mol. The van der Waals surface area contributed by atoms with Crippen LogP contribution >= 0.6 is 0 Å². The highest BCUT2D eigenvalue weighted by Crippen LogP contribution is 2.46. The van der Waals surface area contributed by atoms with Crippen molar-refractivity contribution in [1.29, 1.82) is 0 Å². The molecule has 4 aliphatic rings. The minimum atomic E-state index is 0.176. The van der Waals surface area contributed by atoms with Gasteiger partial charge in [0.2, 0.25) is 0 Å². The van der Waals surface area contributed by atoms with E-state index in [0.29, 0.717) is 23.9 Å². The maximum atomic E-state index is 13.7. The summed E-state index contributed by atoms with van der Waals surface area (Å²) in [6.45, 7) is 3.11. The van der Waals surface area contributed by atoms with Crippen LogP contribution in [0.15, 0.2) is 79.1 Å². The summed E-state index contributed by atoms with van der Waals surface area (Å²) < 4.78 is 0. The molecule has 5 heterocycles. The van der Waals surface area contributed by atoms with Crippen LogP contribution in [-0.2, 0) is 0 Å². The zero-order valence-corrected chi connectivity index (χ0v) is 17.6. The molecule has 0 aliphatic carbocycles. The van der Waals surface area contributed by atoms with Crippen molar-refractivity contribution in [2.75, 3.05) is 19.6 Å². The van der Waals surface area contributed by atoms with E-state index in [1.807, 2.05) is 48.8 Å². The first-order valence-electron chi connectivity index (χ1n) is 11.4. The van der Waals surface area contributed by atoms with Gasteiger partial charge in [-0.2, -0.15) is 0 Å². The maximum absolute atomic E-state index is 13.7. The molecule has 31 heavy (non-hydrogen) atoms. The number of benzene rings is 2. The molecule has 2 bridgehead atoms. The normalized spacial score (nSPS) is 29.0. The van der Waals surface area contributed by atoms with E-state index in [1.165, 1.54) is 24.0 Å². The lowest BCUT2D eigenvalue weighted by Gasteiger charge is -2.51. The predicted octanol–water partition coefficient (Wildman–Crippen LogP) is 4.45. The van der Waals surface area contributed by atoms with Gasteiger partial charge in [-0.1, -0.05) is 48.5 Å². The molecule has 4 heteroatoms. The van der Waals surface area contributed by atoms with Crippen LogP contribution in [0.2, 0.25) is 0 Å². The van der Waals surface area contributed by atoms with Crippen molar-refractivity contribution in [3.63, 3.8) is 0 Å². The zero-order valence-electron chi connectivity index (χ0n) is 17.6. The van der Waals surface area contributed by atoms with Crippen LogP contribution in [0.4, 0.5) is 0 Å². The number of aromatic nitrogens is 1. The Hall–Kier alpha value is -2.98. The van der Waals surface area contributed by atoms with Gasteiger partial charge in [-0.3, -0.25) is 14.7 Å². The van der Waals surface area contributed by atoms with Crippen molar-refractivity contribution in [1.82, 2.24) is 14.8 Å². The van der Waals surface area contributed by atoms with Crippen molar-refractivity contribution in [2.24, 2.45) is 5.92 Å². The molecule has 0 radical (unpaired) electrons. The summed E-state index contributed by atoms with van der Waals surface area (Å²) in [5, 5.41) is 0. The summed E-state index contributed by atoms with van der Waals surface area (Å²) in [5.41, 5.74) is 4.38. The van der Waals surface area contributed by atoms with Gasteiger partial charge < -0.3 is 4.90 Å². The average Bonchev–Trinajstić information content (AvgIpc) is 3.29. The summed E-state index contributed by atoms with van der Waals surface area (Å²) in [5.74, 6) is 1.13. The summed E-state index contributed by atoms with van der Waals surface area (Å²) in [4.78, 5) is 22.9. The Kier molecular flexibility index (Phi) is 4.61. The zero-order chi connectivity index (χ0) is 20.8. The largest absolute Gasteiger partial charge is 0.333 e. The fraction of sp³-hybridized carbons (Fsp3) is 0.333. The van der Waals surface area contributed by atoms with Crippen molar-refractivity contribution in [3.05, 3.63) is 90.3 Å². The lowest BCUT2D eigenvalue weighted by atomic mass is 9.75. The molecule has 7 rings (SSSR count). The van der Waals surface area contributed by atoms with E-state index in [0.717, 1.165) is 30.8 Å². The topological polar surface area (TPSA) is 36.4 Å².